The van der Waals surface area contributed by atoms with Crippen molar-refractivity contribution >= 4 is 27.3 Å². The standard InChI is InChI=1S/C16H15F3N2O3S/c1-10(16(22)20-14-5-3-2-4-12(14)18)9-25(23,24)21-15-7-6-11(17)8-13(15)19/h2-8,10,21H,9H2,1H3,(H,20,22). The molecule has 5 nitrogen and oxygen atoms in total. The molecule has 0 radical (unpaired) electrons. The number of para-hydroxylation sites is 1. The molecule has 0 spiro atoms. The van der Waals surface area contributed by atoms with Gasteiger partial charge in [0, 0.05) is 6.07 Å². The van der Waals surface area contributed by atoms with Gasteiger partial charge in [0.25, 0.3) is 0 Å². The second-order valence-electron chi connectivity index (χ2n) is 5.38. The first-order valence-corrected chi connectivity index (χ1v) is 8.84. The highest BCUT2D eigenvalue weighted by Crippen LogP contribution is 2.18. The summed E-state index contributed by atoms with van der Waals surface area (Å²) < 4.78 is 65.9. The molecule has 0 bridgehead atoms. The summed E-state index contributed by atoms with van der Waals surface area (Å²) in [6, 6.07) is 7.81. The SMILES string of the molecule is CC(CS(=O)(=O)Nc1ccc(F)cc1F)C(=O)Nc1ccccc1F. The van der Waals surface area contributed by atoms with Gasteiger partial charge in [0.15, 0.2) is 0 Å². The van der Waals surface area contributed by atoms with Crippen LogP contribution in [0, 0.1) is 23.4 Å². The van der Waals surface area contributed by atoms with E-state index in [4.69, 9.17) is 0 Å². The predicted molar refractivity (Wildman–Crippen MR) is 88.0 cm³/mol. The van der Waals surface area contributed by atoms with E-state index in [1.165, 1.54) is 25.1 Å². The molecule has 0 aliphatic carbocycles. The van der Waals surface area contributed by atoms with Gasteiger partial charge in [-0.1, -0.05) is 19.1 Å². The van der Waals surface area contributed by atoms with E-state index in [1.54, 1.807) is 0 Å². The molecule has 9 heteroatoms. The monoisotopic (exact) mass is 372 g/mol. The van der Waals surface area contributed by atoms with Crippen LogP contribution in [0.25, 0.3) is 0 Å². The summed E-state index contributed by atoms with van der Waals surface area (Å²) >= 11 is 0. The fourth-order valence-electron chi connectivity index (χ4n) is 2.00. The summed E-state index contributed by atoms with van der Waals surface area (Å²) in [5, 5.41) is 2.29. The lowest BCUT2D eigenvalue weighted by molar-refractivity contribution is -0.118. The van der Waals surface area contributed by atoms with Crippen LogP contribution in [-0.2, 0) is 14.8 Å². The summed E-state index contributed by atoms with van der Waals surface area (Å²) in [4.78, 5) is 12.0. The third-order valence-electron chi connectivity index (χ3n) is 3.25. The average molecular weight is 372 g/mol. The Morgan fingerprint density at radius 2 is 1.72 bits per heavy atom. The molecule has 0 fully saturated rings. The molecule has 2 N–H and O–H groups in total. The number of hydrogen-bond acceptors (Lipinski definition) is 3. The minimum atomic E-state index is -4.08. The fraction of sp³-hybridized carbons (Fsp3) is 0.188. The number of rotatable bonds is 6. The highest BCUT2D eigenvalue weighted by atomic mass is 32.2. The number of sulfonamides is 1. The Kier molecular flexibility index (Phi) is 5.68. The third-order valence-corrected chi connectivity index (χ3v) is 4.72. The molecule has 1 amide bonds. The molecule has 0 aliphatic heterocycles. The number of nitrogens with one attached hydrogen (secondary N) is 2. The first-order chi connectivity index (χ1) is 11.7. The molecule has 2 rings (SSSR count). The largest absolute Gasteiger partial charge is 0.323 e. The minimum Gasteiger partial charge on any atom is -0.323 e. The van der Waals surface area contributed by atoms with Crippen LogP contribution in [0.2, 0.25) is 0 Å². The van der Waals surface area contributed by atoms with Crippen LogP contribution in [0.3, 0.4) is 0 Å². The van der Waals surface area contributed by atoms with Crippen molar-refractivity contribution in [2.75, 3.05) is 15.8 Å². The van der Waals surface area contributed by atoms with E-state index in [2.05, 4.69) is 5.32 Å². The molecular formula is C16H15F3N2O3S. The quantitative estimate of drug-likeness (QED) is 0.818. The molecular weight excluding hydrogens is 357 g/mol. The Hall–Kier alpha value is -2.55. The molecule has 1 atom stereocenters. The van der Waals surface area contributed by atoms with Crippen molar-refractivity contribution in [1.82, 2.24) is 0 Å². The lowest BCUT2D eigenvalue weighted by atomic mass is 10.2. The maximum Gasteiger partial charge on any atom is 0.233 e. The van der Waals surface area contributed by atoms with Gasteiger partial charge in [-0.2, -0.15) is 0 Å². The van der Waals surface area contributed by atoms with Gasteiger partial charge in [-0.15, -0.1) is 0 Å². The van der Waals surface area contributed by atoms with Gasteiger partial charge in [0.2, 0.25) is 15.9 Å². The van der Waals surface area contributed by atoms with Crippen LogP contribution in [0.5, 0.6) is 0 Å². The molecule has 1 unspecified atom stereocenters. The van der Waals surface area contributed by atoms with Gasteiger partial charge in [-0.25, -0.2) is 21.6 Å². The van der Waals surface area contributed by atoms with Gasteiger partial charge in [-0.05, 0) is 24.3 Å². The van der Waals surface area contributed by atoms with Gasteiger partial charge >= 0.3 is 0 Å². The molecule has 0 heterocycles. The topological polar surface area (TPSA) is 75.3 Å². The number of carbonyl (C=O) groups is 1. The molecule has 0 saturated carbocycles. The van der Waals surface area contributed by atoms with E-state index in [0.29, 0.717) is 6.07 Å². The van der Waals surface area contributed by atoms with Crippen molar-refractivity contribution in [3.63, 3.8) is 0 Å². The fourth-order valence-corrected chi connectivity index (χ4v) is 3.40. The van der Waals surface area contributed by atoms with E-state index >= 15 is 0 Å². The van der Waals surface area contributed by atoms with Gasteiger partial charge in [-0.3, -0.25) is 9.52 Å². The summed E-state index contributed by atoms with van der Waals surface area (Å²) in [5.74, 6) is -5.00. The van der Waals surface area contributed by atoms with Crippen LogP contribution < -0.4 is 10.0 Å². The van der Waals surface area contributed by atoms with Crippen molar-refractivity contribution in [2.24, 2.45) is 5.92 Å². The Morgan fingerprint density at radius 1 is 1.04 bits per heavy atom. The van der Waals surface area contributed by atoms with Crippen molar-refractivity contribution in [3.05, 3.63) is 59.9 Å². The van der Waals surface area contributed by atoms with E-state index in [-0.39, 0.29) is 5.69 Å². The van der Waals surface area contributed by atoms with E-state index in [1.807, 2.05) is 4.72 Å². The number of halogens is 3. The highest BCUT2D eigenvalue weighted by molar-refractivity contribution is 7.92. The molecule has 25 heavy (non-hydrogen) atoms. The first-order valence-electron chi connectivity index (χ1n) is 7.19. The van der Waals surface area contributed by atoms with Crippen molar-refractivity contribution < 1.29 is 26.4 Å². The van der Waals surface area contributed by atoms with Gasteiger partial charge in [0.1, 0.15) is 17.5 Å². The summed E-state index contributed by atoms with van der Waals surface area (Å²) in [5.41, 5.74) is -0.502. The zero-order valence-corrected chi connectivity index (χ0v) is 13.9. The maximum absolute atomic E-state index is 13.5. The number of amides is 1. The van der Waals surface area contributed by atoms with Crippen LogP contribution >= 0.6 is 0 Å². The lowest BCUT2D eigenvalue weighted by Crippen LogP contribution is -2.30. The highest BCUT2D eigenvalue weighted by Gasteiger charge is 2.23. The Morgan fingerprint density at radius 3 is 2.36 bits per heavy atom. The number of anilines is 2. The Labute approximate surface area is 142 Å². The molecule has 134 valence electrons. The Bertz CT molecular complexity index is 888. The molecule has 0 saturated heterocycles. The first kappa shape index (κ1) is 18.8. The molecule has 0 aliphatic rings. The van der Waals surface area contributed by atoms with Crippen LogP contribution in [0.15, 0.2) is 42.5 Å². The lowest BCUT2D eigenvalue weighted by Gasteiger charge is -2.14. The average Bonchev–Trinajstić information content (AvgIpc) is 2.51. The summed E-state index contributed by atoms with van der Waals surface area (Å²) in [6.45, 7) is 1.33. The molecule has 0 aromatic heterocycles. The number of benzene rings is 2. The smallest absolute Gasteiger partial charge is 0.233 e. The van der Waals surface area contributed by atoms with Crippen LogP contribution in [0.1, 0.15) is 6.92 Å². The minimum absolute atomic E-state index is 0.0747. The second kappa shape index (κ2) is 7.56. The zero-order valence-electron chi connectivity index (χ0n) is 13.1. The van der Waals surface area contributed by atoms with Crippen molar-refractivity contribution in [2.45, 2.75) is 6.92 Å². The van der Waals surface area contributed by atoms with Gasteiger partial charge in [0.05, 0.1) is 23.0 Å². The van der Waals surface area contributed by atoms with Crippen molar-refractivity contribution in [3.8, 4) is 0 Å². The second-order valence-corrected chi connectivity index (χ2v) is 7.14. The Balaban J connectivity index is 2.04. The zero-order chi connectivity index (χ0) is 18.6. The molecule has 2 aromatic carbocycles. The number of hydrogen-bond donors (Lipinski definition) is 2. The third kappa shape index (κ3) is 5.21. The predicted octanol–water partition coefficient (Wildman–Crippen LogP) is 3.12. The maximum atomic E-state index is 13.5. The normalized spacial score (nSPS) is 12.5. The van der Waals surface area contributed by atoms with E-state index < -0.39 is 50.7 Å². The van der Waals surface area contributed by atoms with Crippen molar-refractivity contribution in [1.29, 1.82) is 0 Å². The van der Waals surface area contributed by atoms with E-state index in [9.17, 15) is 26.4 Å². The summed E-state index contributed by atoms with van der Waals surface area (Å²) in [7, 11) is -4.08. The van der Waals surface area contributed by atoms with Crippen LogP contribution in [0.4, 0.5) is 24.5 Å². The summed E-state index contributed by atoms with van der Waals surface area (Å²) in [6.07, 6.45) is 0. The van der Waals surface area contributed by atoms with Gasteiger partial charge < -0.3 is 5.32 Å². The number of carbonyl (C=O) groups excluding carboxylic acids is 1. The van der Waals surface area contributed by atoms with E-state index in [0.717, 1.165) is 18.2 Å². The van der Waals surface area contributed by atoms with Crippen LogP contribution in [-0.4, -0.2) is 20.1 Å². The molecule has 2 aromatic rings.